The Labute approximate surface area is 136 Å². The average molecular weight is 322 g/mol. The predicted molar refractivity (Wildman–Crippen MR) is 91.1 cm³/mol. The van der Waals surface area contributed by atoms with Crippen LogP contribution in [-0.4, -0.2) is 24.6 Å². The Morgan fingerprint density at radius 2 is 1.91 bits per heavy atom. The van der Waals surface area contributed by atoms with Gasteiger partial charge in [0.05, 0.1) is 5.69 Å². The lowest BCUT2D eigenvalue weighted by atomic mass is 10.0. The Bertz CT molecular complexity index is 973. The molecule has 0 radical (unpaired) electrons. The number of nitrogens with one attached hydrogen (secondary N) is 1. The van der Waals surface area contributed by atoms with Crippen molar-refractivity contribution >= 4 is 28.2 Å². The molecule has 114 valence electrons. The molecule has 0 amide bonds. The summed E-state index contributed by atoms with van der Waals surface area (Å²) in [6.07, 6.45) is 3.35. The van der Waals surface area contributed by atoms with Gasteiger partial charge in [0.25, 0.3) is 5.95 Å². The van der Waals surface area contributed by atoms with Gasteiger partial charge in [0, 0.05) is 23.3 Å². The predicted octanol–water partition coefficient (Wildman–Crippen LogP) is 3.61. The fraction of sp³-hybridized carbons (Fsp3) is 0.125. The smallest absolute Gasteiger partial charge is 0.250 e. The molecule has 1 aromatic carbocycles. The zero-order valence-electron chi connectivity index (χ0n) is 12.7. The largest absolute Gasteiger partial charge is 0.291 e. The van der Waals surface area contributed by atoms with Crippen molar-refractivity contribution in [1.29, 1.82) is 0 Å². The number of anilines is 2. The van der Waals surface area contributed by atoms with E-state index < -0.39 is 0 Å². The monoisotopic (exact) mass is 322 g/mol. The molecule has 0 saturated heterocycles. The second-order valence-electron chi connectivity index (χ2n) is 5.27. The van der Waals surface area contributed by atoms with Crippen LogP contribution in [-0.2, 0) is 0 Å². The molecule has 23 heavy (non-hydrogen) atoms. The Hall–Kier alpha value is -2.80. The summed E-state index contributed by atoms with van der Waals surface area (Å²) in [5.74, 6) is 0.980. The fourth-order valence-corrected chi connectivity index (χ4v) is 3.31. The van der Waals surface area contributed by atoms with Crippen LogP contribution in [0.3, 0.4) is 0 Å². The van der Waals surface area contributed by atoms with E-state index >= 15 is 0 Å². The van der Waals surface area contributed by atoms with Crippen molar-refractivity contribution in [2.75, 3.05) is 5.32 Å². The first-order valence-corrected chi connectivity index (χ1v) is 8.04. The molecule has 3 heterocycles. The fourth-order valence-electron chi connectivity index (χ4n) is 2.48. The van der Waals surface area contributed by atoms with Crippen LogP contribution in [0.25, 0.3) is 16.2 Å². The Balaban J connectivity index is 1.75. The van der Waals surface area contributed by atoms with Crippen LogP contribution < -0.4 is 5.32 Å². The van der Waals surface area contributed by atoms with Gasteiger partial charge in [0.15, 0.2) is 0 Å². The van der Waals surface area contributed by atoms with Crippen LogP contribution in [0.2, 0.25) is 0 Å². The van der Waals surface area contributed by atoms with Gasteiger partial charge in [-0.25, -0.2) is 14.5 Å². The number of nitrogens with zero attached hydrogens (tertiary/aromatic N) is 5. The molecule has 1 N–H and O–H groups in total. The first-order valence-electron chi connectivity index (χ1n) is 7.16. The van der Waals surface area contributed by atoms with Crippen LogP contribution in [0.1, 0.15) is 11.1 Å². The second-order valence-corrected chi connectivity index (χ2v) is 6.10. The average Bonchev–Trinajstić information content (AvgIpc) is 3.09. The molecule has 0 bridgehead atoms. The summed E-state index contributed by atoms with van der Waals surface area (Å²) in [4.78, 5) is 13.6. The Morgan fingerprint density at radius 3 is 2.70 bits per heavy atom. The van der Waals surface area contributed by atoms with E-state index in [0.29, 0.717) is 11.9 Å². The molecule has 0 unspecified atom stereocenters. The van der Waals surface area contributed by atoms with Gasteiger partial charge >= 0.3 is 0 Å². The van der Waals surface area contributed by atoms with Gasteiger partial charge in [-0.15, -0.1) is 16.4 Å². The van der Waals surface area contributed by atoms with Gasteiger partial charge in [0.1, 0.15) is 0 Å². The van der Waals surface area contributed by atoms with Crippen molar-refractivity contribution in [2.24, 2.45) is 0 Å². The molecule has 7 heteroatoms. The highest BCUT2D eigenvalue weighted by Crippen LogP contribution is 2.29. The van der Waals surface area contributed by atoms with E-state index in [0.717, 1.165) is 16.2 Å². The highest BCUT2D eigenvalue weighted by molar-refractivity contribution is 7.15. The van der Waals surface area contributed by atoms with Gasteiger partial charge < -0.3 is 0 Å². The van der Waals surface area contributed by atoms with E-state index in [-0.39, 0.29) is 0 Å². The quantitative estimate of drug-likeness (QED) is 0.624. The van der Waals surface area contributed by atoms with Crippen LogP contribution in [0, 0.1) is 13.8 Å². The van der Waals surface area contributed by atoms with Crippen molar-refractivity contribution in [3.05, 3.63) is 53.2 Å². The second kappa shape index (κ2) is 5.44. The van der Waals surface area contributed by atoms with E-state index in [2.05, 4.69) is 62.8 Å². The van der Waals surface area contributed by atoms with Crippen molar-refractivity contribution < 1.29 is 0 Å². The number of aromatic nitrogens is 5. The standard InChI is InChI=1S/C16H14N6S/c1-10-4-5-12(11(2)8-10)13-9-23-16-20-15(21-22(13)16)19-14-17-6-3-7-18-14/h3-9H,1-2H3,(H,17,18,19,21). The van der Waals surface area contributed by atoms with Crippen molar-refractivity contribution in [2.45, 2.75) is 13.8 Å². The molecule has 0 atom stereocenters. The minimum absolute atomic E-state index is 0.485. The number of aryl methyl sites for hydroxylation is 2. The van der Waals surface area contributed by atoms with E-state index in [1.807, 2.05) is 4.52 Å². The van der Waals surface area contributed by atoms with Gasteiger partial charge in [-0.1, -0.05) is 23.8 Å². The molecule has 0 aliphatic rings. The first kappa shape index (κ1) is 13.8. The van der Waals surface area contributed by atoms with E-state index in [1.165, 1.54) is 11.1 Å². The van der Waals surface area contributed by atoms with E-state index in [4.69, 9.17) is 0 Å². The topological polar surface area (TPSA) is 68.0 Å². The lowest BCUT2D eigenvalue weighted by Crippen LogP contribution is -1.98. The third-order valence-corrected chi connectivity index (χ3v) is 4.35. The van der Waals surface area contributed by atoms with Gasteiger partial charge in [-0.3, -0.25) is 5.32 Å². The normalized spacial score (nSPS) is 11.0. The third kappa shape index (κ3) is 2.55. The Morgan fingerprint density at radius 1 is 1.09 bits per heavy atom. The number of fused-ring (bicyclic) bond motifs is 1. The molecule has 0 spiro atoms. The molecule has 0 fully saturated rings. The minimum Gasteiger partial charge on any atom is -0.291 e. The number of thiazole rings is 1. The van der Waals surface area contributed by atoms with Crippen molar-refractivity contribution in [3.8, 4) is 11.3 Å². The van der Waals surface area contributed by atoms with Gasteiger partial charge in [0.2, 0.25) is 10.9 Å². The molecule has 3 aromatic heterocycles. The lowest BCUT2D eigenvalue weighted by Gasteiger charge is -2.05. The Kier molecular flexibility index (Phi) is 3.27. The van der Waals surface area contributed by atoms with E-state index in [9.17, 15) is 0 Å². The minimum atomic E-state index is 0.485. The summed E-state index contributed by atoms with van der Waals surface area (Å²) in [6.45, 7) is 4.21. The number of benzene rings is 1. The highest BCUT2D eigenvalue weighted by Gasteiger charge is 2.13. The maximum atomic E-state index is 4.53. The zero-order chi connectivity index (χ0) is 15.8. The third-order valence-electron chi connectivity index (χ3n) is 3.53. The van der Waals surface area contributed by atoms with Gasteiger partial charge in [-0.05, 0) is 25.5 Å². The summed E-state index contributed by atoms with van der Waals surface area (Å²) >= 11 is 1.56. The molecular weight excluding hydrogens is 308 g/mol. The SMILES string of the molecule is Cc1ccc(-c2csc3nc(Nc4ncccn4)nn23)c(C)c1. The van der Waals surface area contributed by atoms with Crippen molar-refractivity contribution in [1.82, 2.24) is 24.6 Å². The summed E-state index contributed by atoms with van der Waals surface area (Å²) in [5.41, 5.74) is 4.67. The summed E-state index contributed by atoms with van der Waals surface area (Å²) in [5, 5.41) is 9.64. The molecule has 0 aliphatic heterocycles. The number of hydrogen-bond donors (Lipinski definition) is 1. The van der Waals surface area contributed by atoms with Gasteiger partial charge in [-0.2, -0.15) is 4.98 Å². The first-order chi connectivity index (χ1) is 11.2. The summed E-state index contributed by atoms with van der Waals surface area (Å²) in [6, 6.07) is 8.18. The van der Waals surface area contributed by atoms with Crippen molar-refractivity contribution in [3.63, 3.8) is 0 Å². The molecule has 4 rings (SSSR count). The summed E-state index contributed by atoms with van der Waals surface area (Å²) < 4.78 is 1.85. The van der Waals surface area contributed by atoms with Crippen LogP contribution >= 0.6 is 11.3 Å². The zero-order valence-corrected chi connectivity index (χ0v) is 13.5. The van der Waals surface area contributed by atoms with E-state index in [1.54, 1.807) is 29.8 Å². The molecule has 6 nitrogen and oxygen atoms in total. The molecule has 4 aromatic rings. The molecule has 0 saturated carbocycles. The lowest BCUT2D eigenvalue weighted by molar-refractivity contribution is 0.982. The maximum absolute atomic E-state index is 4.53. The van der Waals surface area contributed by atoms with Crippen LogP contribution in [0.4, 0.5) is 11.9 Å². The molecular formula is C16H14N6S. The maximum Gasteiger partial charge on any atom is 0.250 e. The van der Waals surface area contributed by atoms with Crippen LogP contribution in [0.15, 0.2) is 42.0 Å². The highest BCUT2D eigenvalue weighted by atomic mass is 32.1. The van der Waals surface area contributed by atoms with Crippen LogP contribution in [0.5, 0.6) is 0 Å². The number of rotatable bonds is 3. The molecule has 0 aliphatic carbocycles. The number of hydrogen-bond acceptors (Lipinski definition) is 6. The summed E-state index contributed by atoms with van der Waals surface area (Å²) in [7, 11) is 0.